The van der Waals surface area contributed by atoms with Crippen LogP contribution in [0.4, 0.5) is 11.5 Å². The number of carbonyl (C=O) groups is 1. The molecule has 1 N–H and O–H groups in total. The number of amides is 1. The molecule has 1 aliphatic heterocycles. The summed E-state index contributed by atoms with van der Waals surface area (Å²) in [4.78, 5) is 14.4. The minimum absolute atomic E-state index is 0.0227. The van der Waals surface area contributed by atoms with Gasteiger partial charge in [-0.05, 0) is 54.0 Å². The molecule has 0 aliphatic carbocycles. The van der Waals surface area contributed by atoms with Crippen molar-refractivity contribution in [1.29, 1.82) is 0 Å². The van der Waals surface area contributed by atoms with Crippen LogP contribution in [0, 0.1) is 5.92 Å². The summed E-state index contributed by atoms with van der Waals surface area (Å²) in [5.41, 5.74) is 2.78. The Hall–Kier alpha value is -2.43. The smallest absolute Gasteiger partial charge is 0.274 e. The molecule has 1 aromatic heterocycles. The van der Waals surface area contributed by atoms with E-state index in [0.29, 0.717) is 17.4 Å². The minimum atomic E-state index is -0.0227. The zero-order valence-corrected chi connectivity index (χ0v) is 16.1. The molecule has 5 nitrogen and oxygen atoms in total. The number of hydrogen-bond donors (Lipinski definition) is 1. The molecule has 138 valence electrons. The highest BCUT2D eigenvalue weighted by Gasteiger charge is 2.22. The molecule has 0 spiro atoms. The zero-order chi connectivity index (χ0) is 18.7. The summed E-state index contributed by atoms with van der Waals surface area (Å²) in [6, 6.07) is 11.9. The van der Waals surface area contributed by atoms with E-state index >= 15 is 0 Å². The topological polar surface area (TPSA) is 58.1 Å². The Kier molecular flexibility index (Phi) is 5.25. The van der Waals surface area contributed by atoms with Gasteiger partial charge in [-0.15, -0.1) is 10.2 Å². The predicted octanol–water partition coefficient (Wildman–Crippen LogP) is 4.39. The van der Waals surface area contributed by atoms with Crippen LogP contribution in [-0.4, -0.2) is 34.1 Å². The molecule has 1 fully saturated rings. The lowest BCUT2D eigenvalue weighted by molar-refractivity contribution is 0.0690. The number of rotatable bonds is 3. The quantitative estimate of drug-likeness (QED) is 0.890. The maximum Gasteiger partial charge on any atom is 0.274 e. The van der Waals surface area contributed by atoms with Gasteiger partial charge in [-0.2, -0.15) is 0 Å². The van der Waals surface area contributed by atoms with Gasteiger partial charge in [-0.1, -0.05) is 39.8 Å². The van der Waals surface area contributed by atoms with Crippen LogP contribution in [0.3, 0.4) is 0 Å². The molecule has 3 rings (SSSR count). The van der Waals surface area contributed by atoms with E-state index in [1.807, 2.05) is 23.1 Å². The SMILES string of the molecule is CC1CCN(C(=O)c2ccc(Nc3ccc(C(C)(C)C)cc3)nn2)CC1. The first-order valence-electron chi connectivity index (χ1n) is 9.33. The van der Waals surface area contributed by atoms with Gasteiger partial charge in [0.05, 0.1) is 0 Å². The van der Waals surface area contributed by atoms with Gasteiger partial charge in [0.2, 0.25) is 0 Å². The largest absolute Gasteiger partial charge is 0.339 e. The van der Waals surface area contributed by atoms with Crippen molar-refractivity contribution in [2.45, 2.75) is 46.0 Å². The third-order valence-electron chi connectivity index (χ3n) is 4.98. The van der Waals surface area contributed by atoms with E-state index in [0.717, 1.165) is 31.6 Å². The van der Waals surface area contributed by atoms with Crippen molar-refractivity contribution >= 4 is 17.4 Å². The molecular formula is C21H28N4O. The molecule has 26 heavy (non-hydrogen) atoms. The van der Waals surface area contributed by atoms with Gasteiger partial charge in [0, 0.05) is 18.8 Å². The Morgan fingerprint density at radius 1 is 1.04 bits per heavy atom. The summed E-state index contributed by atoms with van der Waals surface area (Å²) in [6.07, 6.45) is 2.12. The first-order chi connectivity index (χ1) is 12.3. The summed E-state index contributed by atoms with van der Waals surface area (Å²) in [6.45, 7) is 10.4. The van der Waals surface area contributed by atoms with E-state index in [-0.39, 0.29) is 11.3 Å². The lowest BCUT2D eigenvalue weighted by Gasteiger charge is -2.29. The summed E-state index contributed by atoms with van der Waals surface area (Å²) >= 11 is 0. The third-order valence-corrected chi connectivity index (χ3v) is 4.98. The standard InChI is InChI=1S/C21H28N4O/c1-15-11-13-25(14-12-15)20(26)18-9-10-19(24-23-18)22-17-7-5-16(6-8-17)21(2,3)4/h5-10,15H,11-14H2,1-4H3,(H,22,24). The highest BCUT2D eigenvalue weighted by atomic mass is 16.2. The average molecular weight is 352 g/mol. The molecule has 0 saturated carbocycles. The number of aromatic nitrogens is 2. The number of hydrogen-bond acceptors (Lipinski definition) is 4. The molecule has 1 amide bonds. The van der Waals surface area contributed by atoms with Gasteiger partial charge in [0.25, 0.3) is 5.91 Å². The lowest BCUT2D eigenvalue weighted by atomic mass is 9.87. The molecular weight excluding hydrogens is 324 g/mol. The number of nitrogens with zero attached hydrogens (tertiary/aromatic N) is 3. The van der Waals surface area contributed by atoms with Crippen molar-refractivity contribution in [2.24, 2.45) is 5.92 Å². The van der Waals surface area contributed by atoms with Crippen LogP contribution >= 0.6 is 0 Å². The number of piperidine rings is 1. The van der Waals surface area contributed by atoms with Gasteiger partial charge in [0.1, 0.15) is 0 Å². The Bertz CT molecular complexity index is 739. The first kappa shape index (κ1) is 18.4. The molecule has 1 aliphatic rings. The monoisotopic (exact) mass is 352 g/mol. The summed E-state index contributed by atoms with van der Waals surface area (Å²) in [5.74, 6) is 1.31. The number of carbonyl (C=O) groups excluding carboxylic acids is 1. The minimum Gasteiger partial charge on any atom is -0.339 e. The van der Waals surface area contributed by atoms with Crippen molar-refractivity contribution in [3.8, 4) is 0 Å². The summed E-state index contributed by atoms with van der Waals surface area (Å²) in [7, 11) is 0. The van der Waals surface area contributed by atoms with Crippen LogP contribution < -0.4 is 5.32 Å². The summed E-state index contributed by atoms with van der Waals surface area (Å²) < 4.78 is 0. The molecule has 0 atom stereocenters. The molecule has 2 heterocycles. The van der Waals surface area contributed by atoms with E-state index in [4.69, 9.17) is 0 Å². The van der Waals surface area contributed by atoms with Gasteiger partial charge < -0.3 is 10.2 Å². The molecule has 5 heteroatoms. The summed E-state index contributed by atoms with van der Waals surface area (Å²) in [5, 5.41) is 11.5. The van der Waals surface area contributed by atoms with E-state index in [9.17, 15) is 4.79 Å². The van der Waals surface area contributed by atoms with E-state index in [1.165, 1.54) is 5.56 Å². The van der Waals surface area contributed by atoms with Gasteiger partial charge in [-0.3, -0.25) is 4.79 Å². The van der Waals surface area contributed by atoms with Crippen LogP contribution in [0.5, 0.6) is 0 Å². The van der Waals surface area contributed by atoms with Gasteiger partial charge in [0.15, 0.2) is 11.5 Å². The zero-order valence-electron chi connectivity index (χ0n) is 16.1. The van der Waals surface area contributed by atoms with Gasteiger partial charge in [-0.25, -0.2) is 0 Å². The van der Waals surface area contributed by atoms with Crippen molar-refractivity contribution in [3.05, 3.63) is 47.7 Å². The van der Waals surface area contributed by atoms with Crippen molar-refractivity contribution in [1.82, 2.24) is 15.1 Å². The van der Waals surface area contributed by atoms with E-state index < -0.39 is 0 Å². The maximum absolute atomic E-state index is 12.5. The van der Waals surface area contributed by atoms with Crippen molar-refractivity contribution in [3.63, 3.8) is 0 Å². The first-order valence-corrected chi connectivity index (χ1v) is 9.33. The number of anilines is 2. The second-order valence-electron chi connectivity index (χ2n) is 8.23. The third kappa shape index (κ3) is 4.40. The average Bonchev–Trinajstić information content (AvgIpc) is 2.62. The molecule has 0 unspecified atom stereocenters. The molecule has 0 bridgehead atoms. The Balaban J connectivity index is 1.63. The normalized spacial score (nSPS) is 15.8. The second-order valence-corrected chi connectivity index (χ2v) is 8.23. The van der Waals surface area contributed by atoms with E-state index in [2.05, 4.69) is 55.3 Å². The fourth-order valence-electron chi connectivity index (χ4n) is 3.09. The van der Waals surface area contributed by atoms with E-state index in [1.54, 1.807) is 6.07 Å². The highest BCUT2D eigenvalue weighted by Crippen LogP contribution is 2.24. The molecule has 0 radical (unpaired) electrons. The van der Waals surface area contributed by atoms with Crippen molar-refractivity contribution in [2.75, 3.05) is 18.4 Å². The lowest BCUT2D eigenvalue weighted by Crippen LogP contribution is -2.38. The molecule has 2 aromatic rings. The molecule has 1 saturated heterocycles. The van der Waals surface area contributed by atoms with Crippen LogP contribution in [0.15, 0.2) is 36.4 Å². The Morgan fingerprint density at radius 3 is 2.23 bits per heavy atom. The van der Waals surface area contributed by atoms with Crippen molar-refractivity contribution < 1.29 is 4.79 Å². The number of nitrogens with one attached hydrogen (secondary N) is 1. The number of likely N-dealkylation sites (tertiary alicyclic amines) is 1. The predicted molar refractivity (Wildman–Crippen MR) is 105 cm³/mol. The fourth-order valence-corrected chi connectivity index (χ4v) is 3.09. The fraction of sp³-hybridized carbons (Fsp3) is 0.476. The highest BCUT2D eigenvalue weighted by molar-refractivity contribution is 5.92. The second kappa shape index (κ2) is 7.44. The number of benzene rings is 1. The van der Waals surface area contributed by atoms with Crippen LogP contribution in [0.1, 0.15) is 56.6 Å². The van der Waals surface area contributed by atoms with Crippen LogP contribution in [0.2, 0.25) is 0 Å². The Labute approximate surface area is 155 Å². The van der Waals surface area contributed by atoms with Gasteiger partial charge >= 0.3 is 0 Å². The Morgan fingerprint density at radius 2 is 1.69 bits per heavy atom. The molecule has 1 aromatic carbocycles. The maximum atomic E-state index is 12.5. The van der Waals surface area contributed by atoms with Crippen LogP contribution in [-0.2, 0) is 5.41 Å². The van der Waals surface area contributed by atoms with Crippen LogP contribution in [0.25, 0.3) is 0 Å².